The normalized spacial score (nSPS) is 26.1. The summed E-state index contributed by atoms with van der Waals surface area (Å²) in [5.41, 5.74) is -1.06. The molecule has 0 unspecified atom stereocenters. The van der Waals surface area contributed by atoms with Crippen LogP contribution in [-0.2, 0) is 9.59 Å². The number of carbonyl (C=O) groups excluding carboxylic acids is 2. The van der Waals surface area contributed by atoms with E-state index in [-0.39, 0.29) is 17.3 Å². The van der Waals surface area contributed by atoms with Gasteiger partial charge in [0.05, 0.1) is 16.4 Å². The highest BCUT2D eigenvalue weighted by molar-refractivity contribution is 6.12. The Balaban J connectivity index is 2.17. The van der Waals surface area contributed by atoms with E-state index in [1.54, 1.807) is 44.0 Å². The van der Waals surface area contributed by atoms with E-state index in [4.69, 9.17) is 0 Å². The molecule has 0 aromatic carbocycles. The molecule has 0 bridgehead atoms. The van der Waals surface area contributed by atoms with Gasteiger partial charge in [-0.1, -0.05) is 12.1 Å². The Kier molecular flexibility index (Phi) is 3.22. The fourth-order valence-electron chi connectivity index (χ4n) is 3.52. The van der Waals surface area contributed by atoms with E-state index in [9.17, 15) is 14.9 Å². The third-order valence-corrected chi connectivity index (χ3v) is 4.69. The van der Waals surface area contributed by atoms with E-state index in [2.05, 4.69) is 4.98 Å². The molecule has 5 heteroatoms. The van der Waals surface area contributed by atoms with E-state index in [0.29, 0.717) is 12.4 Å². The van der Waals surface area contributed by atoms with Crippen molar-refractivity contribution in [3.63, 3.8) is 0 Å². The average molecular weight is 307 g/mol. The van der Waals surface area contributed by atoms with Crippen molar-refractivity contribution in [2.45, 2.75) is 20.8 Å². The molecule has 0 spiro atoms. The molecule has 0 N–H and O–H groups in total. The maximum Gasteiger partial charge on any atom is 0.242 e. The molecule has 1 aromatic heterocycles. The molecule has 0 saturated carbocycles. The maximum atomic E-state index is 13.1. The third-order valence-electron chi connectivity index (χ3n) is 4.69. The summed E-state index contributed by atoms with van der Waals surface area (Å²) >= 11 is 0. The molecule has 0 fully saturated rings. The molecule has 2 aliphatic rings. The van der Waals surface area contributed by atoms with Gasteiger partial charge in [0.15, 0.2) is 5.78 Å². The molecule has 116 valence electrons. The summed E-state index contributed by atoms with van der Waals surface area (Å²) in [6.07, 6.45) is 5.05. The first-order valence-electron chi connectivity index (χ1n) is 7.44. The molecular formula is C18H17N3O2. The van der Waals surface area contributed by atoms with Crippen molar-refractivity contribution < 1.29 is 9.59 Å². The molecule has 5 nitrogen and oxygen atoms in total. The van der Waals surface area contributed by atoms with Gasteiger partial charge in [0, 0.05) is 12.7 Å². The van der Waals surface area contributed by atoms with Gasteiger partial charge in [0.2, 0.25) is 5.91 Å². The minimum absolute atomic E-state index is 0.0471. The minimum Gasteiger partial charge on any atom is -0.292 e. The molecule has 1 amide bonds. The number of allylic oxidation sites excluding steroid dienone is 1. The number of hydrogen-bond acceptors (Lipinski definition) is 4. The third kappa shape index (κ3) is 2.02. The van der Waals surface area contributed by atoms with Crippen LogP contribution in [-0.4, -0.2) is 23.2 Å². The van der Waals surface area contributed by atoms with Crippen molar-refractivity contribution in [1.29, 1.82) is 5.26 Å². The van der Waals surface area contributed by atoms with E-state index < -0.39 is 10.8 Å². The zero-order valence-corrected chi connectivity index (χ0v) is 13.3. The van der Waals surface area contributed by atoms with Gasteiger partial charge in [-0.2, -0.15) is 5.26 Å². The Morgan fingerprint density at radius 1 is 1.26 bits per heavy atom. The van der Waals surface area contributed by atoms with Crippen molar-refractivity contribution in [2.24, 2.45) is 10.8 Å². The summed E-state index contributed by atoms with van der Waals surface area (Å²) in [4.78, 5) is 31.4. The zero-order chi connectivity index (χ0) is 16.8. The number of nitriles is 1. The summed E-state index contributed by atoms with van der Waals surface area (Å²) in [5.74, 6) is 0.167. The number of aromatic nitrogens is 1. The van der Waals surface area contributed by atoms with E-state index in [1.807, 2.05) is 18.2 Å². The van der Waals surface area contributed by atoms with Gasteiger partial charge < -0.3 is 0 Å². The molecule has 1 aliphatic heterocycles. The van der Waals surface area contributed by atoms with Crippen LogP contribution in [0.15, 0.2) is 47.7 Å². The Morgan fingerprint density at radius 2 is 2.00 bits per heavy atom. The van der Waals surface area contributed by atoms with Crippen LogP contribution in [0, 0.1) is 22.2 Å². The van der Waals surface area contributed by atoms with E-state index in [0.717, 1.165) is 5.57 Å². The first kappa shape index (κ1) is 15.2. The van der Waals surface area contributed by atoms with Gasteiger partial charge in [-0.3, -0.25) is 14.5 Å². The zero-order valence-electron chi connectivity index (χ0n) is 13.3. The fourth-order valence-corrected chi connectivity index (χ4v) is 3.52. The number of hydrogen-bond donors (Lipinski definition) is 0. The molecule has 1 atom stereocenters. The monoisotopic (exact) mass is 307 g/mol. The lowest BCUT2D eigenvalue weighted by atomic mass is 9.59. The van der Waals surface area contributed by atoms with Gasteiger partial charge in [-0.15, -0.1) is 0 Å². The van der Waals surface area contributed by atoms with Crippen LogP contribution < -0.4 is 4.90 Å². The minimum atomic E-state index is -1.00. The van der Waals surface area contributed by atoms with E-state index in [1.165, 1.54) is 6.08 Å². The summed E-state index contributed by atoms with van der Waals surface area (Å²) in [6, 6.07) is 7.32. The molecule has 3 rings (SSSR count). The predicted octanol–water partition coefficient (Wildman–Crippen LogP) is 2.42. The van der Waals surface area contributed by atoms with Crippen LogP contribution in [0.5, 0.6) is 0 Å². The topological polar surface area (TPSA) is 74.1 Å². The molecule has 0 saturated heterocycles. The molecule has 2 heterocycles. The number of carbonyl (C=O) groups is 2. The van der Waals surface area contributed by atoms with Gasteiger partial charge in [0.25, 0.3) is 0 Å². The molecule has 23 heavy (non-hydrogen) atoms. The summed E-state index contributed by atoms with van der Waals surface area (Å²) in [5, 5.41) is 9.27. The SMILES string of the molecule is CC1(C)C(=O)C(C#N)=C[C@]2(C)C(=O)N(c3ccccn3)CC=C12. The highest BCUT2D eigenvalue weighted by Gasteiger charge is 2.53. The number of nitrogens with zero attached hydrogens (tertiary/aromatic N) is 3. The van der Waals surface area contributed by atoms with Gasteiger partial charge >= 0.3 is 0 Å². The highest BCUT2D eigenvalue weighted by atomic mass is 16.2. The second-order valence-electron chi connectivity index (χ2n) is 6.55. The number of anilines is 1. The van der Waals surface area contributed by atoms with Crippen LogP contribution in [0.25, 0.3) is 0 Å². The van der Waals surface area contributed by atoms with E-state index >= 15 is 0 Å². The first-order valence-corrected chi connectivity index (χ1v) is 7.44. The van der Waals surface area contributed by atoms with Crippen molar-refractivity contribution in [2.75, 3.05) is 11.4 Å². The van der Waals surface area contributed by atoms with Crippen LogP contribution in [0.2, 0.25) is 0 Å². The van der Waals surface area contributed by atoms with Gasteiger partial charge in [-0.25, -0.2) is 4.98 Å². The molecular weight excluding hydrogens is 290 g/mol. The molecule has 1 aliphatic carbocycles. The Bertz CT molecular complexity index is 799. The fraction of sp³-hybridized carbons (Fsp3) is 0.333. The number of fused-ring (bicyclic) bond motifs is 1. The second kappa shape index (κ2) is 4.88. The Labute approximate surface area is 134 Å². The lowest BCUT2D eigenvalue weighted by Crippen LogP contribution is -2.53. The largest absolute Gasteiger partial charge is 0.292 e. The lowest BCUT2D eigenvalue weighted by Gasteiger charge is -2.46. The standard InChI is InChI=1S/C18H17N3O2/c1-17(2)13-7-9-21(14-6-4-5-8-20-14)16(23)18(13,3)10-12(11-19)15(17)22/h4-8,10H,9H2,1-3H3/t18-/m0/s1. The van der Waals surface area contributed by atoms with Crippen molar-refractivity contribution >= 4 is 17.5 Å². The second-order valence-corrected chi connectivity index (χ2v) is 6.55. The Morgan fingerprint density at radius 3 is 2.61 bits per heavy atom. The number of pyridine rings is 1. The number of amides is 1. The quantitative estimate of drug-likeness (QED) is 0.747. The van der Waals surface area contributed by atoms with Crippen LogP contribution >= 0.6 is 0 Å². The average Bonchev–Trinajstić information content (AvgIpc) is 2.54. The van der Waals surface area contributed by atoms with Gasteiger partial charge in [-0.05, 0) is 44.6 Å². The first-order chi connectivity index (χ1) is 10.8. The summed E-state index contributed by atoms with van der Waals surface area (Å²) in [6.45, 7) is 5.68. The predicted molar refractivity (Wildman–Crippen MR) is 85.3 cm³/mol. The summed E-state index contributed by atoms with van der Waals surface area (Å²) in [7, 11) is 0. The van der Waals surface area contributed by atoms with Crippen molar-refractivity contribution in [1.82, 2.24) is 4.98 Å². The highest BCUT2D eigenvalue weighted by Crippen LogP contribution is 2.50. The summed E-state index contributed by atoms with van der Waals surface area (Å²) < 4.78 is 0. The number of ketones is 1. The van der Waals surface area contributed by atoms with Crippen molar-refractivity contribution in [3.05, 3.63) is 47.7 Å². The maximum absolute atomic E-state index is 13.1. The molecule has 1 aromatic rings. The van der Waals surface area contributed by atoms with Gasteiger partial charge in [0.1, 0.15) is 11.9 Å². The smallest absolute Gasteiger partial charge is 0.242 e. The number of Topliss-reactive ketones (excluding diaryl/α,β-unsaturated/α-hetero) is 1. The van der Waals surface area contributed by atoms with Crippen molar-refractivity contribution in [3.8, 4) is 6.07 Å². The lowest BCUT2D eigenvalue weighted by molar-refractivity contribution is -0.127. The van der Waals surface area contributed by atoms with Crippen LogP contribution in [0.1, 0.15) is 20.8 Å². The van der Waals surface area contributed by atoms with Crippen LogP contribution in [0.3, 0.4) is 0 Å². The molecule has 0 radical (unpaired) electrons. The Hall–Kier alpha value is -2.74. The number of rotatable bonds is 1. The van der Waals surface area contributed by atoms with Crippen LogP contribution in [0.4, 0.5) is 5.82 Å².